The molecule has 0 amide bonds. The molecule has 0 aliphatic heterocycles. The standard InChI is InChI=1S/C18H15Cl2N7/c19-14-3-1-2-11(15(14)20)6-7-23-18-25-16(24-17(21)26-18)12-4-5-13-8-22-10-27(13)9-12/h1-5,8-10H,6-7H2,(H3,21,23,24,25,26). The second kappa shape index (κ2) is 7.38. The molecule has 9 heteroatoms. The van der Waals surface area contributed by atoms with E-state index in [9.17, 15) is 0 Å². The highest BCUT2D eigenvalue weighted by molar-refractivity contribution is 6.42. The Hall–Kier alpha value is -2.90. The zero-order valence-corrected chi connectivity index (χ0v) is 15.6. The number of nitrogens with one attached hydrogen (secondary N) is 1. The summed E-state index contributed by atoms with van der Waals surface area (Å²) in [6.45, 7) is 0.573. The highest BCUT2D eigenvalue weighted by Crippen LogP contribution is 2.26. The Morgan fingerprint density at radius 2 is 1.96 bits per heavy atom. The van der Waals surface area contributed by atoms with Gasteiger partial charge in [-0.3, -0.25) is 0 Å². The van der Waals surface area contributed by atoms with Crippen LogP contribution in [0.1, 0.15) is 5.56 Å². The van der Waals surface area contributed by atoms with Crippen LogP contribution in [0.3, 0.4) is 0 Å². The van der Waals surface area contributed by atoms with Crippen LogP contribution in [0.5, 0.6) is 0 Å². The maximum atomic E-state index is 6.22. The lowest BCUT2D eigenvalue weighted by molar-refractivity contribution is 0.970. The summed E-state index contributed by atoms with van der Waals surface area (Å²) >= 11 is 12.3. The summed E-state index contributed by atoms with van der Waals surface area (Å²) in [5.41, 5.74) is 8.60. The Bertz CT molecular complexity index is 1110. The van der Waals surface area contributed by atoms with E-state index in [1.807, 2.05) is 34.9 Å². The first kappa shape index (κ1) is 17.5. The van der Waals surface area contributed by atoms with Crippen LogP contribution < -0.4 is 11.1 Å². The quantitative estimate of drug-likeness (QED) is 0.530. The number of anilines is 2. The highest BCUT2D eigenvalue weighted by atomic mass is 35.5. The average Bonchev–Trinajstić information content (AvgIpc) is 3.12. The van der Waals surface area contributed by atoms with Gasteiger partial charge in [-0.05, 0) is 30.2 Å². The van der Waals surface area contributed by atoms with E-state index in [-0.39, 0.29) is 5.95 Å². The molecule has 0 spiro atoms. The molecule has 4 aromatic rings. The van der Waals surface area contributed by atoms with Crippen molar-refractivity contribution >= 4 is 40.6 Å². The van der Waals surface area contributed by atoms with Gasteiger partial charge in [-0.2, -0.15) is 15.0 Å². The molecule has 0 aliphatic carbocycles. The molecule has 0 saturated carbocycles. The molecule has 0 radical (unpaired) electrons. The summed E-state index contributed by atoms with van der Waals surface area (Å²) < 4.78 is 1.89. The minimum atomic E-state index is 0.147. The van der Waals surface area contributed by atoms with Gasteiger partial charge in [0.15, 0.2) is 5.82 Å². The third kappa shape index (κ3) is 3.79. The lowest BCUT2D eigenvalue weighted by Gasteiger charge is -2.09. The first-order chi connectivity index (χ1) is 13.1. The number of rotatable bonds is 5. The smallest absolute Gasteiger partial charge is 0.228 e. The van der Waals surface area contributed by atoms with Crippen LogP contribution in [0.25, 0.3) is 16.9 Å². The highest BCUT2D eigenvalue weighted by Gasteiger charge is 2.09. The van der Waals surface area contributed by atoms with Crippen molar-refractivity contribution < 1.29 is 0 Å². The number of hydrogen-bond donors (Lipinski definition) is 2. The third-order valence-electron chi connectivity index (χ3n) is 4.03. The third-order valence-corrected chi connectivity index (χ3v) is 4.89. The predicted octanol–water partition coefficient (Wildman–Crippen LogP) is 3.73. The maximum absolute atomic E-state index is 6.22. The van der Waals surface area contributed by atoms with Gasteiger partial charge in [0.1, 0.15) is 0 Å². The van der Waals surface area contributed by atoms with Crippen LogP contribution in [0, 0.1) is 0 Å². The van der Waals surface area contributed by atoms with Crippen LogP contribution in [0.4, 0.5) is 11.9 Å². The molecule has 0 aliphatic rings. The molecule has 3 aromatic heterocycles. The van der Waals surface area contributed by atoms with E-state index in [1.165, 1.54) is 0 Å². The van der Waals surface area contributed by atoms with Crippen molar-refractivity contribution in [2.24, 2.45) is 0 Å². The number of nitrogens with two attached hydrogens (primary N) is 1. The molecular weight excluding hydrogens is 385 g/mol. The molecular formula is C18H15Cl2N7. The summed E-state index contributed by atoms with van der Waals surface area (Å²) in [6, 6.07) is 9.42. The van der Waals surface area contributed by atoms with E-state index in [0.29, 0.717) is 34.8 Å². The predicted molar refractivity (Wildman–Crippen MR) is 107 cm³/mol. The molecule has 0 unspecified atom stereocenters. The normalized spacial score (nSPS) is 11.0. The SMILES string of the molecule is Nc1nc(NCCc2cccc(Cl)c2Cl)nc(-c2ccc3cncn3c2)n1. The Morgan fingerprint density at radius 1 is 1.07 bits per heavy atom. The van der Waals surface area contributed by atoms with E-state index in [2.05, 4.69) is 25.3 Å². The maximum Gasteiger partial charge on any atom is 0.228 e. The number of imidazole rings is 1. The number of aromatic nitrogens is 5. The summed E-state index contributed by atoms with van der Waals surface area (Å²) in [7, 11) is 0. The van der Waals surface area contributed by atoms with Gasteiger partial charge < -0.3 is 15.5 Å². The first-order valence-corrected chi connectivity index (χ1v) is 8.96. The molecule has 7 nitrogen and oxygen atoms in total. The molecule has 3 N–H and O–H groups in total. The molecule has 0 saturated heterocycles. The minimum absolute atomic E-state index is 0.147. The molecule has 0 atom stereocenters. The number of nitrogens with zero attached hydrogens (tertiary/aromatic N) is 5. The van der Waals surface area contributed by atoms with E-state index in [4.69, 9.17) is 28.9 Å². The summed E-state index contributed by atoms with van der Waals surface area (Å²) in [5, 5.41) is 4.26. The minimum Gasteiger partial charge on any atom is -0.368 e. The zero-order valence-electron chi connectivity index (χ0n) is 14.1. The zero-order chi connectivity index (χ0) is 18.8. The van der Waals surface area contributed by atoms with Crippen molar-refractivity contribution in [2.45, 2.75) is 6.42 Å². The summed E-state index contributed by atoms with van der Waals surface area (Å²) in [5.74, 6) is 1.04. The second-order valence-corrected chi connectivity index (χ2v) is 6.66. The van der Waals surface area contributed by atoms with Crippen LogP contribution in [-0.4, -0.2) is 30.9 Å². The van der Waals surface area contributed by atoms with Gasteiger partial charge >= 0.3 is 0 Å². The topological polar surface area (TPSA) is 94.0 Å². The molecule has 1 aromatic carbocycles. The van der Waals surface area contributed by atoms with Gasteiger partial charge in [0, 0.05) is 18.3 Å². The number of halogens is 2. The lowest BCUT2D eigenvalue weighted by Crippen LogP contribution is -2.11. The molecule has 0 fully saturated rings. The van der Waals surface area contributed by atoms with Crippen molar-refractivity contribution in [3.8, 4) is 11.4 Å². The fraction of sp³-hybridized carbons (Fsp3) is 0.111. The Balaban J connectivity index is 1.52. The lowest BCUT2D eigenvalue weighted by atomic mass is 10.1. The molecule has 3 heterocycles. The van der Waals surface area contributed by atoms with Gasteiger partial charge in [-0.15, -0.1) is 0 Å². The van der Waals surface area contributed by atoms with E-state index in [0.717, 1.165) is 16.6 Å². The van der Waals surface area contributed by atoms with E-state index >= 15 is 0 Å². The van der Waals surface area contributed by atoms with Crippen LogP contribution in [-0.2, 0) is 6.42 Å². The first-order valence-electron chi connectivity index (χ1n) is 8.20. The number of hydrogen-bond acceptors (Lipinski definition) is 6. The Kier molecular flexibility index (Phi) is 4.79. The number of benzene rings is 1. The van der Waals surface area contributed by atoms with Crippen molar-refractivity contribution in [2.75, 3.05) is 17.6 Å². The fourth-order valence-corrected chi connectivity index (χ4v) is 3.12. The molecule has 0 bridgehead atoms. The molecule has 136 valence electrons. The van der Waals surface area contributed by atoms with Gasteiger partial charge in [0.25, 0.3) is 0 Å². The van der Waals surface area contributed by atoms with Crippen molar-refractivity contribution in [3.05, 3.63) is 64.7 Å². The van der Waals surface area contributed by atoms with Gasteiger partial charge in [0.05, 0.1) is 28.1 Å². The van der Waals surface area contributed by atoms with Gasteiger partial charge in [-0.25, -0.2) is 4.98 Å². The van der Waals surface area contributed by atoms with Crippen molar-refractivity contribution in [1.82, 2.24) is 24.3 Å². The van der Waals surface area contributed by atoms with Gasteiger partial charge in [0.2, 0.25) is 11.9 Å². The van der Waals surface area contributed by atoms with E-state index < -0.39 is 0 Å². The number of pyridine rings is 1. The van der Waals surface area contributed by atoms with Crippen LogP contribution in [0.15, 0.2) is 49.1 Å². The fourth-order valence-electron chi connectivity index (χ4n) is 2.70. The van der Waals surface area contributed by atoms with Gasteiger partial charge in [-0.1, -0.05) is 35.3 Å². The van der Waals surface area contributed by atoms with Crippen LogP contribution >= 0.6 is 23.2 Å². The summed E-state index contributed by atoms with van der Waals surface area (Å²) in [4.78, 5) is 16.9. The van der Waals surface area contributed by atoms with Crippen molar-refractivity contribution in [3.63, 3.8) is 0 Å². The average molecular weight is 400 g/mol. The second-order valence-electron chi connectivity index (χ2n) is 5.87. The summed E-state index contributed by atoms with van der Waals surface area (Å²) in [6.07, 6.45) is 6.06. The largest absolute Gasteiger partial charge is 0.368 e. The molecule has 4 rings (SSSR count). The number of nitrogen functional groups attached to an aromatic ring is 1. The Labute approximate surface area is 165 Å². The van der Waals surface area contributed by atoms with E-state index in [1.54, 1.807) is 18.6 Å². The van der Waals surface area contributed by atoms with Crippen LogP contribution in [0.2, 0.25) is 10.0 Å². The number of fused-ring (bicyclic) bond motifs is 1. The van der Waals surface area contributed by atoms with Crippen molar-refractivity contribution in [1.29, 1.82) is 0 Å². The molecule has 27 heavy (non-hydrogen) atoms. The monoisotopic (exact) mass is 399 g/mol. The Morgan fingerprint density at radius 3 is 2.85 bits per heavy atom.